The average Bonchev–Trinajstić information content (AvgIpc) is 2.40. The third-order valence-corrected chi connectivity index (χ3v) is 2.92. The smallest absolute Gasteiger partial charge is 0.300 e. The van der Waals surface area contributed by atoms with Crippen molar-refractivity contribution in [3.05, 3.63) is 63.7 Å². The van der Waals surface area contributed by atoms with Crippen LogP contribution < -0.4 is 5.32 Å². The molecule has 0 aliphatic heterocycles. The van der Waals surface area contributed by atoms with Crippen molar-refractivity contribution in [1.82, 2.24) is 0 Å². The minimum atomic E-state index is -0.305. The van der Waals surface area contributed by atoms with Gasteiger partial charge in [-0.25, -0.2) is 0 Å². The third kappa shape index (κ3) is 3.90. The molecule has 0 fully saturated rings. The lowest BCUT2D eigenvalue weighted by Crippen LogP contribution is -2.08. The second-order valence-corrected chi connectivity index (χ2v) is 4.82. The first-order valence-corrected chi connectivity index (χ1v) is 6.45. The van der Waals surface area contributed by atoms with E-state index in [-0.39, 0.29) is 5.91 Å². The Bertz CT molecular complexity index is 594. The van der Waals surface area contributed by atoms with Gasteiger partial charge >= 0.3 is 5.91 Å². The maximum atomic E-state index is 11.6. The van der Waals surface area contributed by atoms with E-state index in [1.54, 1.807) is 0 Å². The summed E-state index contributed by atoms with van der Waals surface area (Å²) in [6, 6.07) is 17.0. The second kappa shape index (κ2) is 6.22. The fourth-order valence-corrected chi connectivity index (χ4v) is 1.71. The van der Waals surface area contributed by atoms with E-state index < -0.39 is 0 Å². The maximum Gasteiger partial charge on any atom is 0.300 e. The quantitative estimate of drug-likeness (QED) is 0.623. The zero-order chi connectivity index (χ0) is 12.8. The summed E-state index contributed by atoms with van der Waals surface area (Å²) < 4.78 is 1.13. The summed E-state index contributed by atoms with van der Waals surface area (Å²) in [4.78, 5) is 11.6. The molecule has 2 rings (SSSR count). The van der Waals surface area contributed by atoms with Crippen molar-refractivity contribution in [1.29, 1.82) is 0 Å². The predicted octanol–water partition coefficient (Wildman–Crippen LogP) is 3.28. The largest absolute Gasteiger partial charge is 0.315 e. The number of benzene rings is 2. The molecule has 2 nitrogen and oxygen atoms in total. The first-order valence-electron chi connectivity index (χ1n) is 5.38. The Kier molecular flexibility index (Phi) is 4.37. The molecule has 0 aliphatic carbocycles. The third-order valence-electron chi connectivity index (χ3n) is 2.20. The molecule has 0 bridgehead atoms. The van der Waals surface area contributed by atoms with E-state index in [0.29, 0.717) is 0 Å². The minimum Gasteiger partial charge on any atom is -0.315 e. The van der Waals surface area contributed by atoms with Gasteiger partial charge in [-0.1, -0.05) is 24.1 Å². The molecule has 0 unspecified atom stereocenters. The van der Waals surface area contributed by atoms with Gasteiger partial charge in [0.2, 0.25) is 0 Å². The number of halogens is 1. The van der Waals surface area contributed by atoms with Gasteiger partial charge in [0.1, 0.15) is 0 Å². The van der Waals surface area contributed by atoms with Crippen LogP contribution in [0.15, 0.2) is 54.6 Å². The highest BCUT2D eigenvalue weighted by atomic mass is 127. The molecule has 2 aromatic carbocycles. The van der Waals surface area contributed by atoms with Gasteiger partial charge in [-0.2, -0.15) is 0 Å². The number of hydrogen-bond acceptors (Lipinski definition) is 1. The highest BCUT2D eigenvalue weighted by Gasteiger charge is 1.97. The Hall–Kier alpha value is -1.80. The molecule has 3 heteroatoms. The van der Waals surface area contributed by atoms with Gasteiger partial charge in [-0.05, 0) is 59.0 Å². The number of amides is 1. The molecule has 0 atom stereocenters. The van der Waals surface area contributed by atoms with Crippen LogP contribution in [0, 0.1) is 15.4 Å². The number of hydrogen-bond donors (Lipinski definition) is 1. The number of rotatable bonds is 1. The molecule has 0 aliphatic rings. The van der Waals surface area contributed by atoms with Crippen LogP contribution in [0.25, 0.3) is 0 Å². The van der Waals surface area contributed by atoms with Gasteiger partial charge in [-0.3, -0.25) is 4.79 Å². The molecule has 0 radical (unpaired) electrons. The molecule has 88 valence electrons. The predicted molar refractivity (Wildman–Crippen MR) is 81.1 cm³/mol. The monoisotopic (exact) mass is 347 g/mol. The van der Waals surface area contributed by atoms with Crippen molar-refractivity contribution in [2.24, 2.45) is 0 Å². The van der Waals surface area contributed by atoms with Crippen molar-refractivity contribution in [2.45, 2.75) is 0 Å². The highest BCUT2D eigenvalue weighted by Crippen LogP contribution is 2.10. The van der Waals surface area contributed by atoms with Gasteiger partial charge in [0, 0.05) is 20.7 Å². The first kappa shape index (κ1) is 12.7. The standard InChI is InChI=1S/C15H10INO/c16-13-7-9-14(10-8-13)17-15(18)11-6-12-4-2-1-3-5-12/h1-5,7-10H,(H,17,18). The number of nitrogens with one attached hydrogen (secondary N) is 1. The van der Waals surface area contributed by atoms with Gasteiger partial charge in [0.05, 0.1) is 0 Å². The SMILES string of the molecule is O=C(C#Cc1ccccc1)Nc1ccc(I)cc1. The van der Waals surface area contributed by atoms with E-state index in [1.165, 1.54) is 0 Å². The first-order chi connectivity index (χ1) is 8.74. The fourth-order valence-electron chi connectivity index (χ4n) is 1.35. The lowest BCUT2D eigenvalue weighted by Gasteiger charge is -1.99. The summed E-state index contributed by atoms with van der Waals surface area (Å²) in [5.74, 6) is 5.07. The second-order valence-electron chi connectivity index (χ2n) is 3.58. The van der Waals surface area contributed by atoms with E-state index in [0.717, 1.165) is 14.8 Å². The molecule has 0 saturated carbocycles. The number of carbonyl (C=O) groups is 1. The summed E-state index contributed by atoms with van der Waals surface area (Å²) in [7, 11) is 0. The van der Waals surface area contributed by atoms with Crippen LogP contribution in [-0.2, 0) is 4.79 Å². The molecule has 1 N–H and O–H groups in total. The lowest BCUT2D eigenvalue weighted by molar-refractivity contribution is -0.111. The zero-order valence-corrected chi connectivity index (χ0v) is 11.6. The Morgan fingerprint density at radius 3 is 2.33 bits per heavy atom. The molecular formula is C15H10INO. The Balaban J connectivity index is 2.01. The zero-order valence-electron chi connectivity index (χ0n) is 9.48. The molecule has 0 spiro atoms. The fraction of sp³-hybridized carbons (Fsp3) is 0. The molecule has 18 heavy (non-hydrogen) atoms. The molecular weight excluding hydrogens is 337 g/mol. The van der Waals surface area contributed by atoms with Gasteiger partial charge < -0.3 is 5.32 Å². The molecule has 2 aromatic rings. The molecule has 0 heterocycles. The molecule has 1 amide bonds. The minimum absolute atomic E-state index is 0.305. The van der Waals surface area contributed by atoms with Crippen molar-refractivity contribution >= 4 is 34.2 Å². The summed E-state index contributed by atoms with van der Waals surface area (Å²) in [5.41, 5.74) is 1.58. The summed E-state index contributed by atoms with van der Waals surface area (Å²) in [6.07, 6.45) is 0. The van der Waals surface area contributed by atoms with Crippen LogP contribution in [0.3, 0.4) is 0 Å². The van der Waals surface area contributed by atoms with Crippen LogP contribution >= 0.6 is 22.6 Å². The van der Waals surface area contributed by atoms with Gasteiger partial charge in [-0.15, -0.1) is 0 Å². The maximum absolute atomic E-state index is 11.6. The van der Waals surface area contributed by atoms with Crippen LogP contribution in [0.2, 0.25) is 0 Å². The van der Waals surface area contributed by atoms with Crippen LogP contribution in [-0.4, -0.2) is 5.91 Å². The van der Waals surface area contributed by atoms with Crippen LogP contribution in [0.4, 0.5) is 5.69 Å². The normalized spacial score (nSPS) is 9.17. The summed E-state index contributed by atoms with van der Waals surface area (Å²) in [5, 5.41) is 2.72. The van der Waals surface area contributed by atoms with E-state index in [9.17, 15) is 4.79 Å². The van der Waals surface area contributed by atoms with E-state index >= 15 is 0 Å². The average molecular weight is 347 g/mol. The Labute approximate surface area is 120 Å². The van der Waals surface area contributed by atoms with Crippen LogP contribution in [0.5, 0.6) is 0 Å². The summed E-state index contributed by atoms with van der Waals surface area (Å²) >= 11 is 2.21. The van der Waals surface area contributed by atoms with Gasteiger partial charge in [0.15, 0.2) is 0 Å². The number of carbonyl (C=O) groups excluding carboxylic acids is 1. The Morgan fingerprint density at radius 2 is 1.67 bits per heavy atom. The van der Waals surface area contributed by atoms with Crippen LogP contribution in [0.1, 0.15) is 5.56 Å². The van der Waals surface area contributed by atoms with E-state index in [2.05, 4.69) is 39.7 Å². The van der Waals surface area contributed by atoms with E-state index in [1.807, 2.05) is 54.6 Å². The van der Waals surface area contributed by atoms with Crippen molar-refractivity contribution < 1.29 is 4.79 Å². The Morgan fingerprint density at radius 1 is 1.00 bits per heavy atom. The molecule has 0 aromatic heterocycles. The van der Waals surface area contributed by atoms with Gasteiger partial charge in [0.25, 0.3) is 0 Å². The number of anilines is 1. The highest BCUT2D eigenvalue weighted by molar-refractivity contribution is 14.1. The topological polar surface area (TPSA) is 29.1 Å². The van der Waals surface area contributed by atoms with Crippen molar-refractivity contribution in [3.63, 3.8) is 0 Å². The van der Waals surface area contributed by atoms with Crippen molar-refractivity contribution in [3.8, 4) is 11.8 Å². The summed E-state index contributed by atoms with van der Waals surface area (Å²) in [6.45, 7) is 0. The lowest BCUT2D eigenvalue weighted by atomic mass is 10.2. The molecule has 0 saturated heterocycles. The van der Waals surface area contributed by atoms with E-state index in [4.69, 9.17) is 0 Å². The van der Waals surface area contributed by atoms with Crippen molar-refractivity contribution in [2.75, 3.05) is 5.32 Å².